The van der Waals surface area contributed by atoms with Crippen molar-refractivity contribution >= 4 is 17.2 Å². The van der Waals surface area contributed by atoms with Crippen molar-refractivity contribution in [2.45, 2.75) is 13.3 Å². The van der Waals surface area contributed by atoms with E-state index in [0.29, 0.717) is 4.88 Å². The van der Waals surface area contributed by atoms with Gasteiger partial charge >= 0.3 is 0 Å². The minimum Gasteiger partial charge on any atom is -0.365 e. The fraction of sp³-hybridized carbons (Fsp3) is 0.167. The van der Waals surface area contributed by atoms with Gasteiger partial charge in [-0.1, -0.05) is 37.3 Å². The maximum atomic E-state index is 11.2. The van der Waals surface area contributed by atoms with Crippen LogP contribution in [0.5, 0.6) is 0 Å². The van der Waals surface area contributed by atoms with Crippen molar-refractivity contribution < 1.29 is 4.79 Å². The molecule has 2 aromatic rings. The van der Waals surface area contributed by atoms with Crippen LogP contribution in [0.4, 0.5) is 0 Å². The Morgan fingerprint density at radius 1 is 1.38 bits per heavy atom. The first-order valence-corrected chi connectivity index (χ1v) is 5.89. The quantitative estimate of drug-likeness (QED) is 0.883. The normalized spacial score (nSPS) is 10.3. The fourth-order valence-corrected chi connectivity index (χ4v) is 2.50. The van der Waals surface area contributed by atoms with Crippen molar-refractivity contribution in [3.8, 4) is 10.6 Å². The Kier molecular flexibility index (Phi) is 3.01. The van der Waals surface area contributed by atoms with E-state index in [1.54, 1.807) is 0 Å². The second-order valence-electron chi connectivity index (χ2n) is 3.38. The first kappa shape index (κ1) is 10.8. The summed E-state index contributed by atoms with van der Waals surface area (Å²) in [6.07, 6.45) is 0.724. The number of aromatic nitrogens is 1. The molecular weight excluding hydrogens is 220 g/mol. The molecule has 4 heteroatoms. The van der Waals surface area contributed by atoms with Crippen LogP contribution < -0.4 is 5.73 Å². The molecule has 0 saturated carbocycles. The predicted octanol–water partition coefficient (Wildman–Crippen LogP) is 2.47. The van der Waals surface area contributed by atoms with Gasteiger partial charge in [0.2, 0.25) is 0 Å². The molecule has 0 bridgehead atoms. The van der Waals surface area contributed by atoms with E-state index >= 15 is 0 Å². The summed E-state index contributed by atoms with van der Waals surface area (Å²) < 4.78 is 0. The number of thiazole rings is 1. The van der Waals surface area contributed by atoms with Crippen LogP contribution in [0.15, 0.2) is 30.3 Å². The largest absolute Gasteiger partial charge is 0.365 e. The van der Waals surface area contributed by atoms with E-state index in [2.05, 4.69) is 4.98 Å². The van der Waals surface area contributed by atoms with Crippen molar-refractivity contribution in [3.05, 3.63) is 40.9 Å². The number of amides is 1. The zero-order valence-corrected chi connectivity index (χ0v) is 9.75. The minimum absolute atomic E-state index is 0.392. The van der Waals surface area contributed by atoms with Crippen LogP contribution in [0, 0.1) is 0 Å². The van der Waals surface area contributed by atoms with E-state index in [-0.39, 0.29) is 0 Å². The van der Waals surface area contributed by atoms with Crippen molar-refractivity contribution in [2.75, 3.05) is 0 Å². The topological polar surface area (TPSA) is 56.0 Å². The maximum Gasteiger partial charge on any atom is 0.260 e. The number of primary amides is 1. The van der Waals surface area contributed by atoms with Gasteiger partial charge < -0.3 is 5.73 Å². The SMILES string of the molecule is CCc1nc(-c2ccccc2)sc1C(N)=O. The van der Waals surface area contributed by atoms with Crippen LogP contribution >= 0.6 is 11.3 Å². The second kappa shape index (κ2) is 4.45. The Morgan fingerprint density at radius 3 is 2.56 bits per heavy atom. The predicted molar refractivity (Wildman–Crippen MR) is 65.4 cm³/mol. The van der Waals surface area contributed by atoms with Crippen LogP contribution in [0.2, 0.25) is 0 Å². The van der Waals surface area contributed by atoms with Crippen molar-refractivity contribution in [1.82, 2.24) is 4.98 Å². The molecule has 2 rings (SSSR count). The lowest BCUT2D eigenvalue weighted by Gasteiger charge is -1.92. The zero-order valence-electron chi connectivity index (χ0n) is 8.93. The van der Waals surface area contributed by atoms with Gasteiger partial charge in [-0.25, -0.2) is 4.98 Å². The number of hydrogen-bond acceptors (Lipinski definition) is 3. The van der Waals surface area contributed by atoms with E-state index < -0.39 is 5.91 Å². The van der Waals surface area contributed by atoms with Gasteiger partial charge in [0.05, 0.1) is 5.69 Å². The smallest absolute Gasteiger partial charge is 0.260 e. The van der Waals surface area contributed by atoms with Gasteiger partial charge in [0.1, 0.15) is 9.88 Å². The lowest BCUT2D eigenvalue weighted by Crippen LogP contribution is -2.11. The molecule has 0 fully saturated rings. The zero-order chi connectivity index (χ0) is 11.5. The summed E-state index contributed by atoms with van der Waals surface area (Å²) in [6.45, 7) is 1.97. The molecule has 1 amide bonds. The molecule has 0 aliphatic heterocycles. The summed E-state index contributed by atoms with van der Waals surface area (Å²) in [4.78, 5) is 16.2. The highest BCUT2D eigenvalue weighted by Crippen LogP contribution is 2.27. The van der Waals surface area contributed by atoms with Crippen LogP contribution in [0.25, 0.3) is 10.6 Å². The summed E-state index contributed by atoms with van der Waals surface area (Å²) >= 11 is 1.36. The molecule has 0 radical (unpaired) electrons. The van der Waals surface area contributed by atoms with Gasteiger partial charge in [0.25, 0.3) is 5.91 Å². The number of carbonyl (C=O) groups is 1. The summed E-state index contributed by atoms with van der Waals surface area (Å²) in [5.41, 5.74) is 7.12. The Hall–Kier alpha value is -1.68. The molecule has 0 unspecified atom stereocenters. The molecule has 82 valence electrons. The van der Waals surface area contributed by atoms with Gasteiger partial charge in [0, 0.05) is 5.56 Å². The first-order chi connectivity index (χ1) is 7.72. The van der Waals surface area contributed by atoms with Crippen molar-refractivity contribution in [1.29, 1.82) is 0 Å². The molecule has 0 aliphatic rings. The third-order valence-corrected chi connectivity index (χ3v) is 3.44. The minimum atomic E-state index is -0.392. The number of nitrogens with zero attached hydrogens (tertiary/aromatic N) is 1. The second-order valence-corrected chi connectivity index (χ2v) is 4.38. The number of hydrogen-bond donors (Lipinski definition) is 1. The number of rotatable bonds is 3. The Morgan fingerprint density at radius 2 is 2.06 bits per heavy atom. The van der Waals surface area contributed by atoms with E-state index in [1.165, 1.54) is 11.3 Å². The maximum absolute atomic E-state index is 11.2. The van der Waals surface area contributed by atoms with Crippen LogP contribution in [-0.2, 0) is 6.42 Å². The number of benzene rings is 1. The van der Waals surface area contributed by atoms with Crippen LogP contribution in [0.3, 0.4) is 0 Å². The summed E-state index contributed by atoms with van der Waals surface area (Å²) in [6, 6.07) is 9.80. The average molecular weight is 232 g/mol. The van der Waals surface area contributed by atoms with Gasteiger partial charge in [-0.15, -0.1) is 11.3 Å². The van der Waals surface area contributed by atoms with Crippen LogP contribution in [0.1, 0.15) is 22.3 Å². The van der Waals surface area contributed by atoms with Crippen molar-refractivity contribution in [2.24, 2.45) is 5.73 Å². The highest BCUT2D eigenvalue weighted by molar-refractivity contribution is 7.17. The van der Waals surface area contributed by atoms with E-state index in [0.717, 1.165) is 22.7 Å². The van der Waals surface area contributed by atoms with E-state index in [9.17, 15) is 4.79 Å². The average Bonchev–Trinajstić information content (AvgIpc) is 2.74. The lowest BCUT2D eigenvalue weighted by atomic mass is 10.2. The molecule has 1 heterocycles. The molecule has 0 saturated heterocycles. The van der Waals surface area contributed by atoms with Crippen LogP contribution in [-0.4, -0.2) is 10.9 Å². The van der Waals surface area contributed by atoms with E-state index in [1.807, 2.05) is 37.3 Å². The number of aryl methyl sites for hydroxylation is 1. The monoisotopic (exact) mass is 232 g/mol. The molecule has 0 aliphatic carbocycles. The molecule has 1 aromatic heterocycles. The van der Waals surface area contributed by atoms with Gasteiger partial charge in [-0.05, 0) is 6.42 Å². The Labute approximate surface area is 97.9 Å². The molecular formula is C12H12N2OS. The van der Waals surface area contributed by atoms with E-state index in [4.69, 9.17) is 5.73 Å². The molecule has 0 atom stereocenters. The summed E-state index contributed by atoms with van der Waals surface area (Å²) in [5, 5.41) is 0.853. The molecule has 1 aromatic carbocycles. The molecule has 3 nitrogen and oxygen atoms in total. The molecule has 0 spiro atoms. The number of carbonyl (C=O) groups excluding carboxylic acids is 1. The third kappa shape index (κ3) is 1.97. The van der Waals surface area contributed by atoms with Gasteiger partial charge in [-0.2, -0.15) is 0 Å². The highest BCUT2D eigenvalue weighted by atomic mass is 32.1. The number of nitrogens with two attached hydrogens (primary N) is 1. The lowest BCUT2D eigenvalue weighted by molar-refractivity contribution is 0.100. The van der Waals surface area contributed by atoms with Crippen molar-refractivity contribution in [3.63, 3.8) is 0 Å². The Bertz CT molecular complexity index is 505. The summed E-state index contributed by atoms with van der Waals surface area (Å²) in [7, 11) is 0. The highest BCUT2D eigenvalue weighted by Gasteiger charge is 2.14. The van der Waals surface area contributed by atoms with Gasteiger partial charge in [-0.3, -0.25) is 4.79 Å². The third-order valence-electron chi connectivity index (χ3n) is 2.28. The summed E-state index contributed by atoms with van der Waals surface area (Å²) in [5.74, 6) is -0.392. The molecule has 2 N–H and O–H groups in total. The standard InChI is InChI=1S/C12H12N2OS/c1-2-9-10(11(13)15)16-12(14-9)8-6-4-3-5-7-8/h3-7H,2H2,1H3,(H2,13,15). The fourth-order valence-electron chi connectivity index (χ4n) is 1.49. The van der Waals surface area contributed by atoms with Gasteiger partial charge in [0.15, 0.2) is 0 Å². The first-order valence-electron chi connectivity index (χ1n) is 5.07. The Balaban J connectivity index is 2.48. The molecule has 16 heavy (non-hydrogen) atoms.